The second kappa shape index (κ2) is 10.7. The summed E-state index contributed by atoms with van der Waals surface area (Å²) in [6.07, 6.45) is -0.579. The molecule has 10 nitrogen and oxygen atoms in total. The Balaban J connectivity index is 4.20. The molecular formula is C16H26O10. The highest BCUT2D eigenvalue weighted by Gasteiger charge is 2.29. The van der Waals surface area contributed by atoms with Gasteiger partial charge in [0.15, 0.2) is 0 Å². The van der Waals surface area contributed by atoms with Crippen molar-refractivity contribution in [2.24, 2.45) is 0 Å². The molecule has 0 heterocycles. The van der Waals surface area contributed by atoms with Gasteiger partial charge in [0.2, 0.25) is 0 Å². The third-order valence-corrected chi connectivity index (χ3v) is 3.14. The maximum absolute atomic E-state index is 11.3. The van der Waals surface area contributed by atoms with E-state index in [2.05, 4.69) is 9.78 Å². The van der Waals surface area contributed by atoms with Crippen molar-refractivity contribution in [2.75, 3.05) is 0 Å². The van der Waals surface area contributed by atoms with Crippen LogP contribution in [0.5, 0.6) is 0 Å². The van der Waals surface area contributed by atoms with Gasteiger partial charge in [-0.25, -0.2) is 9.59 Å². The van der Waals surface area contributed by atoms with Crippen LogP contribution in [0, 0.1) is 0 Å². The highest BCUT2D eigenvalue weighted by molar-refractivity contribution is 5.76. The molecule has 0 saturated heterocycles. The lowest BCUT2D eigenvalue weighted by molar-refractivity contribution is -0.340. The second-order valence-corrected chi connectivity index (χ2v) is 6.88. The summed E-state index contributed by atoms with van der Waals surface area (Å²) in [5.74, 6) is -3.80. The SMILES string of the molecule is CC(C)(CCC(C)(C)OOC(=O)CCC(=O)O)OOC(=O)CCC(=O)O. The molecule has 0 bridgehead atoms. The average molecular weight is 378 g/mol. The van der Waals surface area contributed by atoms with E-state index in [0.29, 0.717) is 12.8 Å². The average Bonchev–Trinajstić information content (AvgIpc) is 2.53. The van der Waals surface area contributed by atoms with E-state index in [4.69, 9.17) is 20.0 Å². The molecule has 10 heteroatoms. The maximum Gasteiger partial charge on any atom is 0.342 e. The highest BCUT2D eigenvalue weighted by Crippen LogP contribution is 2.25. The molecule has 0 aromatic rings. The van der Waals surface area contributed by atoms with Gasteiger partial charge in [-0.05, 0) is 40.5 Å². The monoisotopic (exact) mass is 378 g/mol. The molecule has 0 spiro atoms. The molecular weight excluding hydrogens is 352 g/mol. The van der Waals surface area contributed by atoms with E-state index < -0.39 is 35.1 Å². The van der Waals surface area contributed by atoms with Crippen molar-refractivity contribution in [3.05, 3.63) is 0 Å². The first-order valence-electron chi connectivity index (χ1n) is 8.03. The van der Waals surface area contributed by atoms with Crippen LogP contribution in [-0.4, -0.2) is 45.3 Å². The van der Waals surface area contributed by atoms with E-state index in [1.54, 1.807) is 27.7 Å². The van der Waals surface area contributed by atoms with Crippen LogP contribution in [0.15, 0.2) is 0 Å². The van der Waals surface area contributed by atoms with Gasteiger partial charge in [0.25, 0.3) is 0 Å². The van der Waals surface area contributed by atoms with Crippen LogP contribution in [0.25, 0.3) is 0 Å². The number of carboxylic acid groups (broad SMARTS) is 2. The lowest BCUT2D eigenvalue weighted by atomic mass is 9.94. The normalized spacial score (nSPS) is 11.7. The summed E-state index contributed by atoms with van der Waals surface area (Å²) < 4.78 is 0. The number of carboxylic acids is 2. The zero-order valence-electron chi connectivity index (χ0n) is 15.4. The van der Waals surface area contributed by atoms with E-state index in [1.807, 2.05) is 0 Å². The Hall–Kier alpha value is -2.20. The van der Waals surface area contributed by atoms with Crippen LogP contribution < -0.4 is 0 Å². The van der Waals surface area contributed by atoms with E-state index in [-0.39, 0.29) is 25.7 Å². The Kier molecular flexibility index (Phi) is 9.81. The first-order chi connectivity index (χ1) is 11.8. The Morgan fingerprint density at radius 2 is 0.962 bits per heavy atom. The summed E-state index contributed by atoms with van der Waals surface area (Å²) in [5, 5.41) is 17.0. The van der Waals surface area contributed by atoms with Gasteiger partial charge in [-0.3, -0.25) is 19.4 Å². The number of aliphatic carboxylic acids is 2. The number of hydrogen-bond donors (Lipinski definition) is 2. The fourth-order valence-electron chi connectivity index (χ4n) is 1.51. The Labute approximate surface area is 151 Å². The molecule has 0 amide bonds. The molecule has 0 unspecified atom stereocenters. The fraction of sp³-hybridized carbons (Fsp3) is 0.750. The van der Waals surface area contributed by atoms with Crippen molar-refractivity contribution in [3.8, 4) is 0 Å². The summed E-state index contributed by atoms with van der Waals surface area (Å²) in [4.78, 5) is 62.7. The minimum Gasteiger partial charge on any atom is -0.481 e. The quantitative estimate of drug-likeness (QED) is 0.360. The van der Waals surface area contributed by atoms with Gasteiger partial charge in [-0.2, -0.15) is 9.78 Å². The van der Waals surface area contributed by atoms with Gasteiger partial charge in [-0.1, -0.05) is 0 Å². The van der Waals surface area contributed by atoms with Gasteiger partial charge in [0.05, 0.1) is 25.7 Å². The molecule has 0 aromatic heterocycles. The van der Waals surface area contributed by atoms with Gasteiger partial charge in [0, 0.05) is 0 Å². The van der Waals surface area contributed by atoms with Gasteiger partial charge >= 0.3 is 23.9 Å². The first kappa shape index (κ1) is 23.8. The molecule has 0 rings (SSSR count). The third kappa shape index (κ3) is 13.1. The predicted octanol–water partition coefficient (Wildman–Crippen LogP) is 2.00. The Bertz CT molecular complexity index is 463. The molecule has 0 saturated carbocycles. The number of carbonyl (C=O) groups is 4. The van der Waals surface area contributed by atoms with Crippen molar-refractivity contribution < 1.29 is 48.9 Å². The minimum atomic E-state index is -1.11. The summed E-state index contributed by atoms with van der Waals surface area (Å²) in [6.45, 7) is 6.64. The molecule has 0 aliphatic carbocycles. The zero-order chi connectivity index (χ0) is 20.4. The zero-order valence-corrected chi connectivity index (χ0v) is 15.4. The Morgan fingerprint density at radius 3 is 1.23 bits per heavy atom. The standard InChI is InChI=1S/C16H26O10/c1-15(2,25-23-13(21)7-5-11(17)18)9-10-16(3,4)26-24-14(22)8-6-12(19)20/h5-10H2,1-4H3,(H,17,18)(H,19,20). The molecule has 0 radical (unpaired) electrons. The Morgan fingerprint density at radius 1 is 0.654 bits per heavy atom. The van der Waals surface area contributed by atoms with Crippen LogP contribution in [0.1, 0.15) is 66.2 Å². The van der Waals surface area contributed by atoms with Crippen LogP contribution in [0.4, 0.5) is 0 Å². The summed E-state index contributed by atoms with van der Waals surface area (Å²) in [7, 11) is 0. The molecule has 26 heavy (non-hydrogen) atoms. The van der Waals surface area contributed by atoms with Gasteiger partial charge in [0.1, 0.15) is 11.2 Å². The van der Waals surface area contributed by atoms with Crippen LogP contribution >= 0.6 is 0 Å². The van der Waals surface area contributed by atoms with Gasteiger partial charge in [-0.15, -0.1) is 0 Å². The maximum atomic E-state index is 11.3. The van der Waals surface area contributed by atoms with E-state index in [9.17, 15) is 19.2 Å². The lowest BCUT2D eigenvalue weighted by Crippen LogP contribution is -2.33. The minimum absolute atomic E-state index is 0.299. The highest BCUT2D eigenvalue weighted by atomic mass is 17.2. The number of rotatable bonds is 13. The van der Waals surface area contributed by atoms with Crippen molar-refractivity contribution in [2.45, 2.75) is 77.4 Å². The number of carbonyl (C=O) groups excluding carboxylic acids is 2. The van der Waals surface area contributed by atoms with Crippen molar-refractivity contribution in [1.82, 2.24) is 0 Å². The van der Waals surface area contributed by atoms with Gasteiger partial charge < -0.3 is 10.2 Å². The molecule has 150 valence electrons. The van der Waals surface area contributed by atoms with E-state index in [0.717, 1.165) is 0 Å². The van der Waals surface area contributed by atoms with Crippen molar-refractivity contribution >= 4 is 23.9 Å². The molecule has 0 aromatic carbocycles. The summed E-state index contributed by atoms with van der Waals surface area (Å²) in [6, 6.07) is 0. The smallest absolute Gasteiger partial charge is 0.342 e. The fourth-order valence-corrected chi connectivity index (χ4v) is 1.51. The summed E-state index contributed by atoms with van der Waals surface area (Å²) in [5.41, 5.74) is -1.76. The van der Waals surface area contributed by atoms with Crippen LogP contribution in [-0.2, 0) is 38.7 Å². The summed E-state index contributed by atoms with van der Waals surface area (Å²) >= 11 is 0. The molecule has 0 aliphatic rings. The molecule has 2 N–H and O–H groups in total. The molecule has 0 fully saturated rings. The molecule has 0 atom stereocenters. The largest absolute Gasteiger partial charge is 0.481 e. The predicted molar refractivity (Wildman–Crippen MR) is 85.5 cm³/mol. The van der Waals surface area contributed by atoms with E-state index >= 15 is 0 Å². The third-order valence-electron chi connectivity index (χ3n) is 3.14. The topological polar surface area (TPSA) is 146 Å². The van der Waals surface area contributed by atoms with Crippen LogP contribution in [0.2, 0.25) is 0 Å². The first-order valence-corrected chi connectivity index (χ1v) is 8.03. The van der Waals surface area contributed by atoms with E-state index in [1.165, 1.54) is 0 Å². The second-order valence-electron chi connectivity index (χ2n) is 6.88. The van der Waals surface area contributed by atoms with Crippen LogP contribution in [0.3, 0.4) is 0 Å². The van der Waals surface area contributed by atoms with Crippen molar-refractivity contribution in [1.29, 1.82) is 0 Å². The number of hydrogen-bond acceptors (Lipinski definition) is 8. The lowest BCUT2D eigenvalue weighted by Gasteiger charge is -2.28. The van der Waals surface area contributed by atoms with Crippen molar-refractivity contribution in [3.63, 3.8) is 0 Å². The molecule has 0 aliphatic heterocycles.